The lowest BCUT2D eigenvalue weighted by atomic mass is 10.1. The molecule has 0 rings (SSSR count). The van der Waals surface area contributed by atoms with E-state index in [1.54, 1.807) is 0 Å². The number of alkyl halides is 1. The predicted octanol–water partition coefficient (Wildman–Crippen LogP) is 4.06. The summed E-state index contributed by atoms with van der Waals surface area (Å²) in [5.41, 5.74) is 0.292. The fourth-order valence-electron chi connectivity index (χ4n) is 0.134. The summed E-state index contributed by atoms with van der Waals surface area (Å²) in [6.07, 6.45) is 7.99. The van der Waals surface area contributed by atoms with Gasteiger partial charge in [-0.2, -0.15) is 0 Å². The van der Waals surface area contributed by atoms with Crippen LogP contribution in [0.3, 0.4) is 0 Å². The zero-order valence-electron chi connectivity index (χ0n) is 11.3. The molecule has 1 nitrogen and oxygen atoms in total. The number of hydrogen-bond donors (Lipinski definition) is 1. The van der Waals surface area contributed by atoms with Crippen LogP contribution in [0.15, 0.2) is 0 Å². The lowest BCUT2D eigenvalue weighted by Gasteiger charge is -2.15. The Hall–Kier alpha value is -0.190. The number of hydrogen-bond acceptors (Lipinski definition) is 1. The van der Waals surface area contributed by atoms with Crippen molar-refractivity contribution in [2.75, 3.05) is 12.9 Å². The molecular weight excluding hydrogens is 206 g/mol. The molecule has 92 valence electrons. The van der Waals surface area contributed by atoms with Gasteiger partial charge in [0.2, 0.25) is 0 Å². The van der Waals surface area contributed by atoms with Crippen molar-refractivity contribution in [3.05, 3.63) is 0 Å². The molecule has 15 heavy (non-hydrogen) atoms. The first-order valence-corrected chi connectivity index (χ1v) is 6.11. The number of terminal acetylenes is 1. The first-order valence-electron chi connectivity index (χ1n) is 5.57. The van der Waals surface area contributed by atoms with Crippen LogP contribution >= 0.6 is 11.6 Å². The van der Waals surface area contributed by atoms with E-state index in [0.717, 1.165) is 18.7 Å². The maximum Gasteiger partial charge on any atom is 0.0223 e. The highest BCUT2D eigenvalue weighted by Crippen LogP contribution is 1.93. The molecule has 0 aromatic rings. The molecule has 0 unspecified atom stereocenters. The van der Waals surface area contributed by atoms with Crippen LogP contribution in [0.25, 0.3) is 0 Å². The molecular formula is C13H28ClN. The molecule has 0 saturated carbocycles. The largest absolute Gasteiger partial charge is 0.315 e. The van der Waals surface area contributed by atoms with Gasteiger partial charge in [-0.15, -0.1) is 23.9 Å². The van der Waals surface area contributed by atoms with Crippen LogP contribution in [-0.4, -0.2) is 18.5 Å². The van der Waals surface area contributed by atoms with E-state index in [0.29, 0.717) is 5.54 Å². The molecule has 0 aliphatic heterocycles. The summed E-state index contributed by atoms with van der Waals surface area (Å²) in [5.74, 6) is 3.25. The van der Waals surface area contributed by atoms with E-state index >= 15 is 0 Å². The van der Waals surface area contributed by atoms with Crippen molar-refractivity contribution in [1.82, 2.24) is 5.32 Å². The van der Waals surface area contributed by atoms with Crippen LogP contribution < -0.4 is 5.32 Å². The molecule has 0 bridgehead atoms. The van der Waals surface area contributed by atoms with Gasteiger partial charge in [0.05, 0.1) is 0 Å². The van der Waals surface area contributed by atoms with Gasteiger partial charge < -0.3 is 5.32 Å². The average Bonchev–Trinajstić information content (AvgIpc) is 2.19. The molecule has 2 heteroatoms. The number of nitrogens with one attached hydrogen (secondary N) is 1. The van der Waals surface area contributed by atoms with E-state index in [1.807, 2.05) is 14.0 Å². The van der Waals surface area contributed by atoms with Crippen LogP contribution in [0, 0.1) is 12.3 Å². The van der Waals surface area contributed by atoms with E-state index in [9.17, 15) is 0 Å². The lowest BCUT2D eigenvalue weighted by molar-refractivity contribution is 0.469. The van der Waals surface area contributed by atoms with Crippen molar-refractivity contribution < 1.29 is 0 Å². The molecule has 0 aliphatic carbocycles. The second kappa shape index (κ2) is 16.2. The Morgan fingerprint density at radius 3 is 1.60 bits per heavy atom. The Labute approximate surface area is 102 Å². The summed E-state index contributed by atoms with van der Waals surface area (Å²) in [7, 11) is 1.96. The van der Waals surface area contributed by atoms with E-state index in [1.165, 1.54) is 6.42 Å². The molecule has 0 amide bonds. The fraction of sp³-hybridized carbons (Fsp3) is 0.846. The third-order valence-corrected chi connectivity index (χ3v) is 1.71. The van der Waals surface area contributed by atoms with Crippen LogP contribution in [0.4, 0.5) is 0 Å². The summed E-state index contributed by atoms with van der Waals surface area (Å²) in [5, 5.41) is 3.10. The Kier molecular flexibility index (Phi) is 21.9. The Morgan fingerprint density at radius 2 is 1.60 bits per heavy atom. The number of halogens is 1. The Bertz CT molecular complexity index is 128. The van der Waals surface area contributed by atoms with Gasteiger partial charge in [0, 0.05) is 17.8 Å². The summed E-state index contributed by atoms with van der Waals surface area (Å²) in [4.78, 5) is 0. The van der Waals surface area contributed by atoms with Gasteiger partial charge in [-0.05, 0) is 34.2 Å². The van der Waals surface area contributed by atoms with Gasteiger partial charge in [0.15, 0.2) is 0 Å². The summed E-state index contributed by atoms with van der Waals surface area (Å²) >= 11 is 5.30. The van der Waals surface area contributed by atoms with E-state index in [2.05, 4.69) is 38.9 Å². The van der Waals surface area contributed by atoms with E-state index in [-0.39, 0.29) is 0 Å². The average molecular weight is 234 g/mol. The quantitative estimate of drug-likeness (QED) is 0.560. The third kappa shape index (κ3) is 57.1. The Balaban J connectivity index is -0.000000147. The minimum absolute atomic E-state index is 0.292. The molecule has 0 saturated heterocycles. The molecule has 0 spiro atoms. The normalized spacial score (nSPS) is 8.93. The van der Waals surface area contributed by atoms with E-state index in [4.69, 9.17) is 18.0 Å². The zero-order chi connectivity index (χ0) is 12.7. The van der Waals surface area contributed by atoms with Gasteiger partial charge in [0.25, 0.3) is 0 Å². The van der Waals surface area contributed by atoms with Crippen molar-refractivity contribution >= 4 is 11.6 Å². The van der Waals surface area contributed by atoms with Gasteiger partial charge in [0.1, 0.15) is 0 Å². The van der Waals surface area contributed by atoms with Crippen molar-refractivity contribution in [3.63, 3.8) is 0 Å². The molecule has 0 aliphatic rings. The van der Waals surface area contributed by atoms with Crippen molar-refractivity contribution in [3.8, 4) is 12.3 Å². The minimum Gasteiger partial charge on any atom is -0.315 e. The highest BCUT2D eigenvalue weighted by atomic mass is 35.5. The van der Waals surface area contributed by atoms with Crippen LogP contribution in [0.1, 0.15) is 53.9 Å². The fourth-order valence-corrected chi connectivity index (χ4v) is 0.401. The van der Waals surface area contributed by atoms with Crippen molar-refractivity contribution in [2.24, 2.45) is 0 Å². The van der Waals surface area contributed by atoms with Gasteiger partial charge >= 0.3 is 0 Å². The first kappa shape index (κ1) is 20.3. The molecule has 0 aromatic carbocycles. The molecule has 0 atom stereocenters. The van der Waals surface area contributed by atoms with Gasteiger partial charge in [-0.1, -0.05) is 20.3 Å². The monoisotopic (exact) mass is 233 g/mol. The van der Waals surface area contributed by atoms with Crippen molar-refractivity contribution in [1.29, 1.82) is 0 Å². The topological polar surface area (TPSA) is 12.0 Å². The first-order chi connectivity index (χ1) is 6.89. The second-order valence-electron chi connectivity index (χ2n) is 4.10. The number of rotatable bonds is 2. The molecule has 0 heterocycles. The molecule has 0 aromatic heterocycles. The maximum absolute atomic E-state index is 5.30. The summed E-state index contributed by atoms with van der Waals surface area (Å²) in [6.45, 7) is 10.5. The zero-order valence-corrected chi connectivity index (χ0v) is 12.0. The van der Waals surface area contributed by atoms with Crippen LogP contribution in [0.5, 0.6) is 0 Å². The predicted molar refractivity (Wildman–Crippen MR) is 73.6 cm³/mol. The molecule has 1 N–H and O–H groups in total. The van der Waals surface area contributed by atoms with Crippen LogP contribution in [-0.2, 0) is 0 Å². The SMILES string of the molecule is C#CCC.CCCCCl.CNC(C)(C)C. The minimum atomic E-state index is 0.292. The lowest BCUT2D eigenvalue weighted by Crippen LogP contribution is -2.31. The third-order valence-electron chi connectivity index (χ3n) is 1.44. The summed E-state index contributed by atoms with van der Waals surface area (Å²) < 4.78 is 0. The highest BCUT2D eigenvalue weighted by Gasteiger charge is 2.01. The Morgan fingerprint density at radius 1 is 1.27 bits per heavy atom. The van der Waals surface area contributed by atoms with Gasteiger partial charge in [-0.25, -0.2) is 0 Å². The summed E-state index contributed by atoms with van der Waals surface area (Å²) in [6, 6.07) is 0. The smallest absolute Gasteiger partial charge is 0.0223 e. The number of unbranched alkanes of at least 4 members (excludes halogenated alkanes) is 1. The molecule has 0 fully saturated rings. The van der Waals surface area contributed by atoms with E-state index < -0.39 is 0 Å². The van der Waals surface area contributed by atoms with Gasteiger partial charge in [-0.3, -0.25) is 0 Å². The van der Waals surface area contributed by atoms with Crippen molar-refractivity contribution in [2.45, 2.75) is 59.4 Å². The van der Waals surface area contributed by atoms with Crippen LogP contribution in [0.2, 0.25) is 0 Å². The molecule has 0 radical (unpaired) electrons. The highest BCUT2D eigenvalue weighted by molar-refractivity contribution is 6.17. The maximum atomic E-state index is 5.30. The second-order valence-corrected chi connectivity index (χ2v) is 4.48. The standard InChI is InChI=1S/C5H13N.C4H9Cl.C4H6/c1-5(2,3)6-4;1-2-3-4-5;1-3-4-2/h6H,1-4H3;2-4H2,1H3;1H,4H2,2H3.